The SMILES string of the molecule is CC(C)(C)CC(C)(C)NC(=O)CCc1nc2ccccc2s1. The summed E-state index contributed by atoms with van der Waals surface area (Å²) in [7, 11) is 0. The number of aryl methyl sites for hydroxylation is 1. The Morgan fingerprint density at radius 3 is 2.50 bits per heavy atom. The largest absolute Gasteiger partial charge is 0.351 e. The molecule has 1 amide bonds. The number of amides is 1. The van der Waals surface area contributed by atoms with Gasteiger partial charge in [0, 0.05) is 18.4 Å². The number of carbonyl (C=O) groups is 1. The van der Waals surface area contributed by atoms with Crippen molar-refractivity contribution in [2.75, 3.05) is 0 Å². The first kappa shape index (κ1) is 16.9. The second-order valence-corrected chi connectivity index (χ2v) is 8.86. The van der Waals surface area contributed by atoms with E-state index >= 15 is 0 Å². The molecule has 0 bridgehead atoms. The van der Waals surface area contributed by atoms with E-state index in [2.05, 4.69) is 51.0 Å². The van der Waals surface area contributed by atoms with Gasteiger partial charge in [-0.25, -0.2) is 4.98 Å². The fourth-order valence-electron chi connectivity index (χ4n) is 3.06. The van der Waals surface area contributed by atoms with E-state index in [0.717, 1.165) is 16.9 Å². The van der Waals surface area contributed by atoms with Crippen molar-refractivity contribution in [3.63, 3.8) is 0 Å². The molecule has 3 nitrogen and oxygen atoms in total. The maximum absolute atomic E-state index is 12.2. The molecule has 4 heteroatoms. The number of hydrogen-bond acceptors (Lipinski definition) is 3. The van der Waals surface area contributed by atoms with E-state index in [1.807, 2.05) is 18.2 Å². The highest BCUT2D eigenvalue weighted by atomic mass is 32.1. The molecule has 1 aromatic heterocycles. The number of fused-ring (bicyclic) bond motifs is 1. The average molecular weight is 318 g/mol. The fraction of sp³-hybridized carbons (Fsp3) is 0.556. The van der Waals surface area contributed by atoms with Crippen LogP contribution in [0.1, 0.15) is 52.5 Å². The van der Waals surface area contributed by atoms with Gasteiger partial charge in [-0.1, -0.05) is 32.9 Å². The number of thiazole rings is 1. The molecule has 2 rings (SSSR count). The summed E-state index contributed by atoms with van der Waals surface area (Å²) >= 11 is 1.68. The highest BCUT2D eigenvalue weighted by molar-refractivity contribution is 7.18. The van der Waals surface area contributed by atoms with Crippen LogP contribution >= 0.6 is 11.3 Å². The zero-order valence-electron chi connectivity index (χ0n) is 14.2. The summed E-state index contributed by atoms with van der Waals surface area (Å²) in [6.07, 6.45) is 2.15. The van der Waals surface area contributed by atoms with E-state index in [0.29, 0.717) is 12.8 Å². The number of benzene rings is 1. The molecule has 2 aromatic rings. The Hall–Kier alpha value is -1.42. The molecule has 0 atom stereocenters. The zero-order valence-corrected chi connectivity index (χ0v) is 15.0. The minimum Gasteiger partial charge on any atom is -0.351 e. The Balaban J connectivity index is 1.89. The summed E-state index contributed by atoms with van der Waals surface area (Å²) in [5, 5.41) is 4.19. The first-order chi connectivity index (χ1) is 10.1. The number of rotatable bonds is 5. The van der Waals surface area contributed by atoms with Crippen LogP contribution in [0.5, 0.6) is 0 Å². The normalized spacial score (nSPS) is 12.6. The topological polar surface area (TPSA) is 42.0 Å². The first-order valence-electron chi connectivity index (χ1n) is 7.80. The molecule has 0 aliphatic heterocycles. The van der Waals surface area contributed by atoms with Gasteiger partial charge < -0.3 is 5.32 Å². The van der Waals surface area contributed by atoms with Gasteiger partial charge in [-0.3, -0.25) is 4.79 Å². The highest BCUT2D eigenvalue weighted by Gasteiger charge is 2.26. The van der Waals surface area contributed by atoms with E-state index in [1.165, 1.54) is 4.70 Å². The second kappa shape index (κ2) is 6.37. The summed E-state index contributed by atoms with van der Waals surface area (Å²) < 4.78 is 1.19. The van der Waals surface area contributed by atoms with Gasteiger partial charge in [0.25, 0.3) is 0 Å². The van der Waals surface area contributed by atoms with Crippen LogP contribution in [0.2, 0.25) is 0 Å². The lowest BCUT2D eigenvalue weighted by molar-refractivity contribution is -0.122. The Morgan fingerprint density at radius 2 is 1.86 bits per heavy atom. The van der Waals surface area contributed by atoms with Gasteiger partial charge in [-0.15, -0.1) is 11.3 Å². The van der Waals surface area contributed by atoms with Crippen LogP contribution in [-0.4, -0.2) is 16.4 Å². The van der Waals surface area contributed by atoms with E-state index in [-0.39, 0.29) is 16.9 Å². The van der Waals surface area contributed by atoms with Crippen molar-refractivity contribution in [2.24, 2.45) is 5.41 Å². The quantitative estimate of drug-likeness (QED) is 0.878. The maximum Gasteiger partial charge on any atom is 0.220 e. The highest BCUT2D eigenvalue weighted by Crippen LogP contribution is 2.27. The molecule has 0 unspecified atom stereocenters. The molecule has 22 heavy (non-hydrogen) atoms. The van der Waals surface area contributed by atoms with Crippen molar-refractivity contribution < 1.29 is 4.79 Å². The van der Waals surface area contributed by atoms with Crippen molar-refractivity contribution in [1.29, 1.82) is 0 Å². The minimum atomic E-state index is -0.178. The molecular formula is C18H26N2OS. The predicted octanol–water partition coefficient (Wildman–Crippen LogP) is 4.56. The van der Waals surface area contributed by atoms with Gasteiger partial charge in [0.1, 0.15) is 0 Å². The van der Waals surface area contributed by atoms with Crippen LogP contribution in [0, 0.1) is 5.41 Å². The van der Waals surface area contributed by atoms with Crippen molar-refractivity contribution in [3.05, 3.63) is 29.3 Å². The van der Waals surface area contributed by atoms with Gasteiger partial charge in [-0.05, 0) is 37.8 Å². The lowest BCUT2D eigenvalue weighted by atomic mass is 9.82. The molecule has 120 valence electrons. The third-order valence-electron chi connectivity index (χ3n) is 3.35. The van der Waals surface area contributed by atoms with E-state index in [4.69, 9.17) is 0 Å². The fourth-order valence-corrected chi connectivity index (χ4v) is 4.02. The van der Waals surface area contributed by atoms with E-state index in [1.54, 1.807) is 11.3 Å². The Morgan fingerprint density at radius 1 is 1.18 bits per heavy atom. The monoisotopic (exact) mass is 318 g/mol. The molecule has 0 saturated heterocycles. The number of carbonyl (C=O) groups excluding carboxylic acids is 1. The molecule has 0 fully saturated rings. The van der Waals surface area contributed by atoms with Gasteiger partial charge >= 0.3 is 0 Å². The third-order valence-corrected chi connectivity index (χ3v) is 4.45. The van der Waals surface area contributed by atoms with Crippen LogP contribution in [0.15, 0.2) is 24.3 Å². The lowest BCUT2D eigenvalue weighted by Crippen LogP contribution is -2.45. The van der Waals surface area contributed by atoms with Crippen molar-refractivity contribution in [1.82, 2.24) is 10.3 Å². The molecule has 1 heterocycles. The van der Waals surface area contributed by atoms with Crippen LogP contribution in [0.25, 0.3) is 10.2 Å². The minimum absolute atomic E-state index is 0.105. The number of para-hydroxylation sites is 1. The summed E-state index contributed by atoms with van der Waals surface area (Å²) in [5.41, 5.74) is 1.04. The average Bonchev–Trinajstić information content (AvgIpc) is 2.75. The van der Waals surface area contributed by atoms with Crippen LogP contribution in [0.4, 0.5) is 0 Å². The standard InChI is InChI=1S/C18H26N2OS/c1-17(2,3)12-18(4,5)20-15(21)10-11-16-19-13-8-6-7-9-14(13)22-16/h6-9H,10-12H2,1-5H3,(H,20,21). The smallest absolute Gasteiger partial charge is 0.220 e. The Bertz CT molecular complexity index is 619. The van der Waals surface area contributed by atoms with Crippen LogP contribution in [-0.2, 0) is 11.2 Å². The van der Waals surface area contributed by atoms with E-state index < -0.39 is 0 Å². The number of aromatic nitrogens is 1. The maximum atomic E-state index is 12.2. The number of nitrogens with zero attached hydrogens (tertiary/aromatic N) is 1. The van der Waals surface area contributed by atoms with Crippen LogP contribution < -0.4 is 5.32 Å². The lowest BCUT2D eigenvalue weighted by Gasteiger charge is -2.33. The summed E-state index contributed by atoms with van der Waals surface area (Å²) in [6, 6.07) is 8.10. The Labute approximate surface area is 137 Å². The van der Waals surface area contributed by atoms with Crippen molar-refractivity contribution in [3.8, 4) is 0 Å². The summed E-state index contributed by atoms with van der Waals surface area (Å²) in [5.74, 6) is 0.105. The second-order valence-electron chi connectivity index (χ2n) is 7.74. The molecule has 0 saturated carbocycles. The van der Waals surface area contributed by atoms with Gasteiger partial charge in [0.15, 0.2) is 0 Å². The number of hydrogen-bond donors (Lipinski definition) is 1. The molecule has 1 aromatic carbocycles. The number of nitrogens with one attached hydrogen (secondary N) is 1. The first-order valence-corrected chi connectivity index (χ1v) is 8.62. The van der Waals surface area contributed by atoms with Crippen molar-refractivity contribution >= 4 is 27.5 Å². The molecule has 0 spiro atoms. The van der Waals surface area contributed by atoms with Gasteiger partial charge in [-0.2, -0.15) is 0 Å². The summed E-state index contributed by atoms with van der Waals surface area (Å²) in [4.78, 5) is 16.8. The Kier molecular flexibility index (Phi) is 4.90. The van der Waals surface area contributed by atoms with Crippen LogP contribution in [0.3, 0.4) is 0 Å². The zero-order chi connectivity index (χ0) is 16.4. The van der Waals surface area contributed by atoms with Gasteiger partial charge in [0.2, 0.25) is 5.91 Å². The predicted molar refractivity (Wildman–Crippen MR) is 94.2 cm³/mol. The molecule has 0 aliphatic rings. The molecular weight excluding hydrogens is 292 g/mol. The third kappa shape index (κ3) is 5.09. The van der Waals surface area contributed by atoms with Gasteiger partial charge in [0.05, 0.1) is 15.2 Å². The van der Waals surface area contributed by atoms with E-state index in [9.17, 15) is 4.79 Å². The summed E-state index contributed by atoms with van der Waals surface area (Å²) in [6.45, 7) is 10.8. The molecule has 0 radical (unpaired) electrons. The molecule has 0 aliphatic carbocycles. The van der Waals surface area contributed by atoms with Crippen molar-refractivity contribution in [2.45, 2.75) is 59.4 Å². The molecule has 1 N–H and O–H groups in total.